The first-order chi connectivity index (χ1) is 11.6. The summed E-state index contributed by atoms with van der Waals surface area (Å²) in [7, 11) is 0. The van der Waals surface area contributed by atoms with E-state index >= 15 is 0 Å². The van der Waals surface area contributed by atoms with E-state index < -0.39 is 5.97 Å². The van der Waals surface area contributed by atoms with Gasteiger partial charge in [0.05, 0.1) is 11.1 Å². The highest BCUT2D eigenvalue weighted by Crippen LogP contribution is 2.21. The number of carbonyl (C=O) groups is 2. The first kappa shape index (κ1) is 16.0. The molecule has 6 heteroatoms. The zero-order valence-corrected chi connectivity index (χ0v) is 13.2. The molecule has 2 aromatic rings. The van der Waals surface area contributed by atoms with Gasteiger partial charge in [0.15, 0.2) is 0 Å². The van der Waals surface area contributed by atoms with Crippen LogP contribution in [0.3, 0.4) is 0 Å². The molecule has 1 aliphatic heterocycles. The Kier molecular flexibility index (Phi) is 4.74. The molecule has 124 valence electrons. The maximum atomic E-state index is 12.5. The number of rotatable bonds is 5. The number of hydrogen-bond donors (Lipinski definition) is 2. The molecule has 1 saturated heterocycles. The number of nitrogens with zero attached hydrogens (tertiary/aromatic N) is 2. The number of benzene rings is 1. The molecule has 6 nitrogen and oxygen atoms in total. The first-order valence-electron chi connectivity index (χ1n) is 7.95. The molecule has 0 saturated carbocycles. The number of carbonyl (C=O) groups excluding carboxylic acids is 1. The van der Waals surface area contributed by atoms with Crippen LogP contribution in [0.5, 0.6) is 0 Å². The second-order valence-corrected chi connectivity index (χ2v) is 5.75. The SMILES string of the molecule is O=C(O)c1ccc(CNC(=O)c2cccnc2N2CCCC2)cc1. The highest BCUT2D eigenvalue weighted by molar-refractivity contribution is 5.98. The maximum Gasteiger partial charge on any atom is 0.335 e. The van der Waals surface area contributed by atoms with Crippen LogP contribution in [0.15, 0.2) is 42.6 Å². The first-order valence-corrected chi connectivity index (χ1v) is 7.95. The van der Waals surface area contributed by atoms with E-state index in [1.807, 2.05) is 0 Å². The minimum Gasteiger partial charge on any atom is -0.478 e. The lowest BCUT2D eigenvalue weighted by atomic mass is 10.1. The number of nitrogens with one attached hydrogen (secondary N) is 1. The zero-order chi connectivity index (χ0) is 16.9. The summed E-state index contributed by atoms with van der Waals surface area (Å²) in [5.41, 5.74) is 1.65. The van der Waals surface area contributed by atoms with Crippen LogP contribution in [0, 0.1) is 0 Å². The van der Waals surface area contributed by atoms with Crippen molar-refractivity contribution in [2.75, 3.05) is 18.0 Å². The Hall–Kier alpha value is -2.89. The Bertz CT molecular complexity index is 737. The molecule has 0 atom stereocenters. The average Bonchev–Trinajstić information content (AvgIpc) is 3.14. The van der Waals surface area contributed by atoms with Gasteiger partial charge in [0, 0.05) is 25.8 Å². The molecule has 1 aromatic heterocycles. The number of anilines is 1. The predicted molar refractivity (Wildman–Crippen MR) is 90.3 cm³/mol. The van der Waals surface area contributed by atoms with Gasteiger partial charge in [0.25, 0.3) is 5.91 Å². The van der Waals surface area contributed by atoms with Crippen molar-refractivity contribution in [2.24, 2.45) is 0 Å². The second-order valence-electron chi connectivity index (χ2n) is 5.75. The molecule has 1 aromatic carbocycles. The summed E-state index contributed by atoms with van der Waals surface area (Å²) < 4.78 is 0. The fourth-order valence-electron chi connectivity index (χ4n) is 2.80. The molecule has 1 amide bonds. The fourth-order valence-corrected chi connectivity index (χ4v) is 2.80. The van der Waals surface area contributed by atoms with E-state index in [1.54, 1.807) is 30.5 Å². The summed E-state index contributed by atoms with van der Waals surface area (Å²) in [6, 6.07) is 10.0. The van der Waals surface area contributed by atoms with Crippen LogP contribution in [0.25, 0.3) is 0 Å². The van der Waals surface area contributed by atoms with Crippen LogP contribution in [0.4, 0.5) is 5.82 Å². The van der Waals surface area contributed by atoms with Crippen molar-refractivity contribution in [1.29, 1.82) is 0 Å². The summed E-state index contributed by atoms with van der Waals surface area (Å²) in [6.45, 7) is 2.19. The van der Waals surface area contributed by atoms with E-state index in [-0.39, 0.29) is 11.5 Å². The number of aromatic nitrogens is 1. The van der Waals surface area contributed by atoms with Gasteiger partial charge in [-0.25, -0.2) is 9.78 Å². The molecule has 2 heterocycles. The molecule has 0 spiro atoms. The number of carboxylic acids is 1. The van der Waals surface area contributed by atoms with Gasteiger partial charge in [-0.1, -0.05) is 12.1 Å². The molecule has 2 N–H and O–H groups in total. The minimum atomic E-state index is -0.962. The van der Waals surface area contributed by atoms with Crippen molar-refractivity contribution in [3.8, 4) is 0 Å². The number of carboxylic acid groups (broad SMARTS) is 1. The lowest BCUT2D eigenvalue weighted by Gasteiger charge is -2.19. The number of hydrogen-bond acceptors (Lipinski definition) is 4. The lowest BCUT2D eigenvalue weighted by molar-refractivity contribution is 0.0696. The maximum absolute atomic E-state index is 12.5. The number of aromatic carboxylic acids is 1. The Morgan fingerprint density at radius 2 is 1.83 bits per heavy atom. The quantitative estimate of drug-likeness (QED) is 0.881. The van der Waals surface area contributed by atoms with Crippen molar-refractivity contribution < 1.29 is 14.7 Å². The zero-order valence-electron chi connectivity index (χ0n) is 13.2. The molecule has 3 rings (SSSR count). The van der Waals surface area contributed by atoms with Crippen LogP contribution in [0.1, 0.15) is 39.1 Å². The van der Waals surface area contributed by atoms with E-state index in [9.17, 15) is 9.59 Å². The van der Waals surface area contributed by atoms with Gasteiger partial charge in [-0.2, -0.15) is 0 Å². The highest BCUT2D eigenvalue weighted by Gasteiger charge is 2.20. The smallest absolute Gasteiger partial charge is 0.335 e. The second kappa shape index (κ2) is 7.12. The van der Waals surface area contributed by atoms with E-state index in [0.717, 1.165) is 37.3 Å². The summed E-state index contributed by atoms with van der Waals surface area (Å²) in [5, 5.41) is 11.8. The molecule has 0 radical (unpaired) electrons. The van der Waals surface area contributed by atoms with Crippen LogP contribution < -0.4 is 10.2 Å². The van der Waals surface area contributed by atoms with E-state index in [0.29, 0.717) is 12.1 Å². The van der Waals surface area contributed by atoms with Crippen LogP contribution in [0.2, 0.25) is 0 Å². The summed E-state index contributed by atoms with van der Waals surface area (Å²) in [4.78, 5) is 29.8. The van der Waals surface area contributed by atoms with Gasteiger partial charge >= 0.3 is 5.97 Å². The van der Waals surface area contributed by atoms with Gasteiger partial charge in [0.1, 0.15) is 5.82 Å². The molecule has 24 heavy (non-hydrogen) atoms. The summed E-state index contributed by atoms with van der Waals surface area (Å²) in [6.07, 6.45) is 3.94. The van der Waals surface area contributed by atoms with Crippen molar-refractivity contribution in [3.05, 3.63) is 59.3 Å². The van der Waals surface area contributed by atoms with E-state index in [4.69, 9.17) is 5.11 Å². The molecule has 0 bridgehead atoms. The third kappa shape index (κ3) is 3.53. The van der Waals surface area contributed by atoms with Crippen LogP contribution >= 0.6 is 0 Å². The van der Waals surface area contributed by atoms with E-state index in [2.05, 4.69) is 15.2 Å². The molecular weight excluding hydrogens is 306 g/mol. The topological polar surface area (TPSA) is 82.5 Å². The molecule has 0 unspecified atom stereocenters. The van der Waals surface area contributed by atoms with Gasteiger partial charge in [-0.3, -0.25) is 4.79 Å². The standard InChI is InChI=1S/C18H19N3O3/c22-17(20-12-13-5-7-14(8-6-13)18(23)24)15-4-3-9-19-16(15)21-10-1-2-11-21/h3-9H,1-2,10-12H2,(H,20,22)(H,23,24). The molecule has 1 fully saturated rings. The van der Waals surface area contributed by atoms with Crippen molar-refractivity contribution >= 4 is 17.7 Å². The average molecular weight is 325 g/mol. The third-order valence-electron chi connectivity index (χ3n) is 4.09. The summed E-state index contributed by atoms with van der Waals surface area (Å²) in [5.74, 6) is -0.405. The summed E-state index contributed by atoms with van der Waals surface area (Å²) >= 11 is 0. The molecular formula is C18H19N3O3. The minimum absolute atomic E-state index is 0.174. The van der Waals surface area contributed by atoms with Crippen molar-refractivity contribution in [1.82, 2.24) is 10.3 Å². The third-order valence-corrected chi connectivity index (χ3v) is 4.09. The number of amides is 1. The molecule has 0 aliphatic carbocycles. The normalized spacial score (nSPS) is 13.8. The Labute approximate surface area is 140 Å². The fraction of sp³-hybridized carbons (Fsp3) is 0.278. The predicted octanol–water partition coefficient (Wildman–Crippen LogP) is 2.31. The van der Waals surface area contributed by atoms with Gasteiger partial charge in [0.2, 0.25) is 0 Å². The Morgan fingerprint density at radius 1 is 1.12 bits per heavy atom. The van der Waals surface area contributed by atoms with Crippen LogP contribution in [-0.2, 0) is 6.54 Å². The van der Waals surface area contributed by atoms with Crippen molar-refractivity contribution in [3.63, 3.8) is 0 Å². The largest absolute Gasteiger partial charge is 0.478 e. The van der Waals surface area contributed by atoms with Gasteiger partial charge in [-0.15, -0.1) is 0 Å². The molecule has 1 aliphatic rings. The highest BCUT2D eigenvalue weighted by atomic mass is 16.4. The Balaban J connectivity index is 1.68. The van der Waals surface area contributed by atoms with Crippen molar-refractivity contribution in [2.45, 2.75) is 19.4 Å². The number of pyridine rings is 1. The lowest BCUT2D eigenvalue weighted by Crippen LogP contribution is -2.28. The van der Waals surface area contributed by atoms with Gasteiger partial charge in [-0.05, 0) is 42.7 Å². The van der Waals surface area contributed by atoms with Gasteiger partial charge < -0.3 is 15.3 Å². The van der Waals surface area contributed by atoms with E-state index in [1.165, 1.54) is 12.1 Å². The monoisotopic (exact) mass is 325 g/mol. The van der Waals surface area contributed by atoms with Crippen LogP contribution in [-0.4, -0.2) is 35.1 Å². The Morgan fingerprint density at radius 3 is 2.50 bits per heavy atom.